The first kappa shape index (κ1) is 19.3. The van der Waals surface area contributed by atoms with Crippen molar-refractivity contribution < 1.29 is 0 Å². The van der Waals surface area contributed by atoms with Crippen LogP contribution in [-0.4, -0.2) is 0 Å². The molecule has 0 saturated carbocycles. The molecule has 0 spiro atoms. The van der Waals surface area contributed by atoms with Crippen LogP contribution in [0.5, 0.6) is 0 Å². The highest BCUT2D eigenvalue weighted by atomic mass is 31.1. The lowest BCUT2D eigenvalue weighted by atomic mass is 9.86. The van der Waals surface area contributed by atoms with Crippen molar-refractivity contribution in [1.29, 1.82) is 0 Å². The quantitative estimate of drug-likeness (QED) is 0.528. The minimum Gasteiger partial charge on any atom is -0.112 e. The predicted octanol–water partition coefficient (Wildman–Crippen LogP) is 7.95. The largest absolute Gasteiger partial charge is 0.112 e. The summed E-state index contributed by atoms with van der Waals surface area (Å²) in [7, 11) is 1.48. The number of hydrogen-bond donors (Lipinski definition) is 0. The number of hydrogen-bond acceptors (Lipinski definition) is 0. The first-order chi connectivity index (χ1) is 9.30. The Labute approximate surface area is 136 Å². The van der Waals surface area contributed by atoms with Crippen molar-refractivity contribution in [2.45, 2.75) is 104 Å². The molecule has 21 heavy (non-hydrogen) atoms. The van der Waals surface area contributed by atoms with Crippen molar-refractivity contribution in [3.05, 3.63) is 15.6 Å². The topological polar surface area (TPSA) is 0 Å². The molecule has 0 aliphatic rings. The highest BCUT2D eigenvalue weighted by Crippen LogP contribution is 2.60. The Morgan fingerprint density at radius 1 is 0.810 bits per heavy atom. The fourth-order valence-corrected chi connectivity index (χ4v) is 9.55. The summed E-state index contributed by atoms with van der Waals surface area (Å²) in [6.45, 7) is 24.1. The monoisotopic (exact) mass is 326 g/mol. The summed E-state index contributed by atoms with van der Waals surface area (Å²) in [6.07, 6.45) is 4.09. The van der Waals surface area contributed by atoms with Crippen LogP contribution in [0.25, 0.3) is 0 Å². The first-order valence-electron chi connectivity index (χ1n) is 8.42. The van der Waals surface area contributed by atoms with Gasteiger partial charge >= 0.3 is 0 Å². The van der Waals surface area contributed by atoms with Gasteiger partial charge in [0.25, 0.3) is 0 Å². The van der Waals surface area contributed by atoms with E-state index in [1.54, 1.807) is 13.5 Å². The summed E-state index contributed by atoms with van der Waals surface area (Å²) < 4.78 is 0. The van der Waals surface area contributed by atoms with E-state index in [0.717, 1.165) is 0 Å². The van der Waals surface area contributed by atoms with Gasteiger partial charge in [0.15, 0.2) is 0 Å². The van der Waals surface area contributed by atoms with Gasteiger partial charge in [0, 0.05) is 5.03 Å². The average molecular weight is 326 g/mol. The summed E-state index contributed by atoms with van der Waals surface area (Å²) in [5.74, 6) is 0. The normalized spacial score (nSPS) is 15.0. The van der Waals surface area contributed by atoms with Crippen LogP contribution in [0, 0.1) is 0 Å². The number of unbranched alkanes of at least 4 members (excludes halogenated alkanes) is 1. The molecule has 2 heteroatoms. The molecule has 1 rings (SSSR count). The van der Waals surface area contributed by atoms with Crippen molar-refractivity contribution in [2.75, 3.05) is 0 Å². The van der Waals surface area contributed by atoms with Crippen LogP contribution in [0.2, 0.25) is 0 Å². The first-order valence-corrected chi connectivity index (χ1v) is 10.8. The average Bonchev–Trinajstić information content (AvgIpc) is 2.64. The van der Waals surface area contributed by atoms with Gasteiger partial charge in [0.1, 0.15) is 0 Å². The third-order valence-corrected chi connectivity index (χ3v) is 10.4. The molecule has 0 amide bonds. The maximum absolute atomic E-state index is 2.43. The molecular formula is C19H36P2. The van der Waals surface area contributed by atoms with Crippen LogP contribution in [0.3, 0.4) is 0 Å². The van der Waals surface area contributed by atoms with Crippen molar-refractivity contribution in [3.8, 4) is 0 Å². The lowest BCUT2D eigenvalue weighted by Crippen LogP contribution is -2.18. The molecule has 1 unspecified atom stereocenters. The lowest BCUT2D eigenvalue weighted by Gasteiger charge is -2.29. The Hall–Kier alpha value is 0.210. The van der Waals surface area contributed by atoms with E-state index in [2.05, 4.69) is 69.2 Å². The summed E-state index contributed by atoms with van der Waals surface area (Å²) in [5.41, 5.74) is 0.941. The van der Waals surface area contributed by atoms with Crippen LogP contribution in [0.15, 0.2) is 0 Å². The highest BCUT2D eigenvalue weighted by Gasteiger charge is 2.34. The summed E-state index contributed by atoms with van der Waals surface area (Å²) >= 11 is 0. The Morgan fingerprint density at radius 2 is 1.33 bits per heavy atom. The smallest absolute Gasteiger partial charge is 0.00475 e. The third-order valence-electron chi connectivity index (χ3n) is 3.79. The van der Waals surface area contributed by atoms with E-state index in [1.165, 1.54) is 19.0 Å². The highest BCUT2D eigenvalue weighted by molar-refractivity contribution is 7.61. The maximum Gasteiger partial charge on any atom is 0.00475 e. The van der Waals surface area contributed by atoms with Crippen LogP contribution in [-0.2, 0) is 22.4 Å². The van der Waals surface area contributed by atoms with Crippen molar-refractivity contribution in [3.63, 3.8) is 0 Å². The molecule has 0 saturated heterocycles. The minimum absolute atomic E-state index is 0.0736. The minimum atomic E-state index is -0.0736. The molecule has 0 aromatic carbocycles. The Morgan fingerprint density at radius 3 is 1.67 bits per heavy atom. The zero-order valence-corrected chi connectivity index (χ0v) is 17.8. The third kappa shape index (κ3) is 4.59. The summed E-state index contributed by atoms with van der Waals surface area (Å²) in [4.78, 5) is 0. The van der Waals surface area contributed by atoms with Gasteiger partial charge in [0.2, 0.25) is 0 Å². The van der Waals surface area contributed by atoms with E-state index in [4.69, 9.17) is 0 Å². The van der Waals surface area contributed by atoms with Gasteiger partial charge in [-0.1, -0.05) is 83.9 Å². The fourth-order valence-electron chi connectivity index (χ4n) is 2.84. The molecule has 0 aliphatic heterocycles. The van der Waals surface area contributed by atoms with Gasteiger partial charge in [-0.05, 0) is 39.4 Å². The van der Waals surface area contributed by atoms with Gasteiger partial charge in [-0.15, -0.1) is 7.53 Å². The standard InChI is InChI=1S/C19H36P2/c1-11-12-13-21-15(18(5,6)7)14(17(2,3)4)20-16(21)19(8,9)10/h11-13H2,1-10H3. The second-order valence-corrected chi connectivity index (χ2v) is 13.1. The summed E-state index contributed by atoms with van der Waals surface area (Å²) in [6, 6.07) is 0. The van der Waals surface area contributed by atoms with E-state index < -0.39 is 0 Å². The molecule has 1 aromatic rings. The van der Waals surface area contributed by atoms with Gasteiger partial charge < -0.3 is 0 Å². The van der Waals surface area contributed by atoms with Crippen LogP contribution in [0.1, 0.15) is 97.7 Å². The van der Waals surface area contributed by atoms with Crippen molar-refractivity contribution in [2.24, 2.45) is 0 Å². The molecule has 0 aliphatic carbocycles. The molecule has 0 radical (unpaired) electrons. The predicted molar refractivity (Wildman–Crippen MR) is 103 cm³/mol. The Bertz CT molecular complexity index is 473. The molecule has 0 N–H and O–H groups in total. The summed E-state index contributed by atoms with van der Waals surface area (Å²) in [5, 5.41) is 5.35. The van der Waals surface area contributed by atoms with Gasteiger partial charge in [-0.25, -0.2) is 0 Å². The molecule has 0 fully saturated rings. The van der Waals surface area contributed by atoms with Crippen LogP contribution < -0.4 is 0 Å². The molecule has 1 aromatic heterocycles. The van der Waals surface area contributed by atoms with Gasteiger partial charge in [-0.3, -0.25) is 0 Å². The Kier molecular flexibility index (Phi) is 5.84. The van der Waals surface area contributed by atoms with Crippen molar-refractivity contribution in [1.82, 2.24) is 0 Å². The fraction of sp³-hybridized carbons (Fsp3) is 0.842. The Balaban J connectivity index is 3.65. The molecule has 0 bridgehead atoms. The molecule has 1 atom stereocenters. The molecule has 0 nitrogen and oxygen atoms in total. The number of rotatable bonds is 3. The van der Waals surface area contributed by atoms with Gasteiger partial charge in [0.05, 0.1) is 0 Å². The zero-order valence-electron chi connectivity index (χ0n) is 16.0. The van der Waals surface area contributed by atoms with E-state index in [9.17, 15) is 0 Å². The van der Waals surface area contributed by atoms with E-state index >= 15 is 0 Å². The SMILES string of the molecule is CCCCp1c(C(C)(C)C)pc(C(C)(C)C)c1C(C)(C)C. The lowest BCUT2D eigenvalue weighted by molar-refractivity contribution is 0.550. The van der Waals surface area contributed by atoms with Crippen molar-refractivity contribution >= 4 is 15.7 Å². The molecule has 122 valence electrons. The van der Waals surface area contributed by atoms with E-state index in [0.29, 0.717) is 16.2 Å². The second kappa shape index (κ2) is 6.37. The second-order valence-electron chi connectivity index (χ2n) is 9.39. The van der Waals surface area contributed by atoms with E-state index in [-0.39, 0.29) is 7.53 Å². The zero-order chi connectivity index (χ0) is 16.6. The van der Waals surface area contributed by atoms with E-state index in [1.807, 2.05) is 10.3 Å². The van der Waals surface area contributed by atoms with Gasteiger partial charge in [-0.2, -0.15) is 0 Å². The van der Waals surface area contributed by atoms with Crippen LogP contribution >= 0.6 is 15.7 Å². The molecular weight excluding hydrogens is 290 g/mol. The van der Waals surface area contributed by atoms with Crippen LogP contribution in [0.4, 0.5) is 0 Å². The maximum atomic E-state index is 2.43. The molecule has 1 heterocycles.